The number of hydrogen-bond acceptors (Lipinski definition) is 8. The van der Waals surface area contributed by atoms with Crippen molar-refractivity contribution in [2.45, 2.75) is 56.3 Å². The summed E-state index contributed by atoms with van der Waals surface area (Å²) in [5.41, 5.74) is 6.06. The first kappa shape index (κ1) is 26.2. The van der Waals surface area contributed by atoms with Crippen LogP contribution in [0.2, 0.25) is 0 Å². The quantitative estimate of drug-likeness (QED) is 0.161. The van der Waals surface area contributed by atoms with Crippen LogP contribution in [0.3, 0.4) is 0 Å². The number of carboxylic acids is 3. The SMILES string of the molecule is NC(CC(=O)O)C(=O)N1CCCC1C(=O)NC(Cc1cnc[nH]1)C(=O)NC(CC(=O)O)C(=O)O. The summed E-state index contributed by atoms with van der Waals surface area (Å²) < 4.78 is 0. The average molecular weight is 482 g/mol. The van der Waals surface area contributed by atoms with Crippen molar-refractivity contribution >= 4 is 35.6 Å². The average Bonchev–Trinajstić information content (AvgIpc) is 3.43. The van der Waals surface area contributed by atoms with Crippen molar-refractivity contribution in [2.24, 2.45) is 5.73 Å². The zero-order valence-electron chi connectivity index (χ0n) is 18.0. The monoisotopic (exact) mass is 482 g/mol. The summed E-state index contributed by atoms with van der Waals surface area (Å²) in [5.74, 6) is -6.68. The molecule has 2 rings (SSSR count). The number of aromatic nitrogens is 2. The molecular formula is C19H26N6O9. The van der Waals surface area contributed by atoms with Gasteiger partial charge in [0.2, 0.25) is 17.7 Å². The number of imidazole rings is 1. The van der Waals surface area contributed by atoms with Gasteiger partial charge in [0.25, 0.3) is 0 Å². The number of H-pyrrole nitrogens is 1. The molecule has 0 radical (unpaired) electrons. The Morgan fingerprint density at radius 1 is 1.09 bits per heavy atom. The number of hydrogen-bond donors (Lipinski definition) is 7. The maximum absolute atomic E-state index is 13.0. The molecule has 1 fully saturated rings. The van der Waals surface area contributed by atoms with E-state index < -0.39 is 72.6 Å². The predicted molar refractivity (Wildman–Crippen MR) is 111 cm³/mol. The summed E-state index contributed by atoms with van der Waals surface area (Å²) in [6, 6.07) is -5.42. The highest BCUT2D eigenvalue weighted by atomic mass is 16.4. The fourth-order valence-corrected chi connectivity index (χ4v) is 3.53. The molecular weight excluding hydrogens is 456 g/mol. The van der Waals surface area contributed by atoms with Crippen molar-refractivity contribution in [2.75, 3.05) is 6.54 Å². The first-order valence-electron chi connectivity index (χ1n) is 10.3. The van der Waals surface area contributed by atoms with Gasteiger partial charge in [0, 0.05) is 24.9 Å². The fourth-order valence-electron chi connectivity index (χ4n) is 3.53. The number of aromatic amines is 1. The van der Waals surface area contributed by atoms with E-state index in [4.69, 9.17) is 15.9 Å². The van der Waals surface area contributed by atoms with Gasteiger partial charge < -0.3 is 41.6 Å². The van der Waals surface area contributed by atoms with Crippen LogP contribution in [0.4, 0.5) is 0 Å². The highest BCUT2D eigenvalue weighted by Gasteiger charge is 2.38. The minimum absolute atomic E-state index is 0.129. The van der Waals surface area contributed by atoms with E-state index in [1.165, 1.54) is 12.5 Å². The first-order valence-corrected chi connectivity index (χ1v) is 10.3. The lowest BCUT2D eigenvalue weighted by molar-refractivity contribution is -0.147. The van der Waals surface area contributed by atoms with Gasteiger partial charge >= 0.3 is 17.9 Å². The van der Waals surface area contributed by atoms with Gasteiger partial charge in [0.05, 0.1) is 25.2 Å². The van der Waals surface area contributed by atoms with Gasteiger partial charge in [-0.3, -0.25) is 24.0 Å². The van der Waals surface area contributed by atoms with Crippen LogP contribution < -0.4 is 16.4 Å². The Kier molecular flexibility index (Phi) is 9.06. The number of rotatable bonds is 12. The number of nitrogens with zero attached hydrogens (tertiary/aromatic N) is 2. The predicted octanol–water partition coefficient (Wildman–Crippen LogP) is -2.73. The van der Waals surface area contributed by atoms with E-state index in [2.05, 4.69) is 20.6 Å². The Morgan fingerprint density at radius 3 is 2.32 bits per heavy atom. The molecule has 3 amide bonds. The van der Waals surface area contributed by atoms with Crippen molar-refractivity contribution in [1.82, 2.24) is 25.5 Å². The van der Waals surface area contributed by atoms with E-state index in [9.17, 15) is 33.9 Å². The molecule has 2 heterocycles. The topological polar surface area (TPSA) is 245 Å². The molecule has 1 aromatic rings. The van der Waals surface area contributed by atoms with Gasteiger partial charge in [-0.1, -0.05) is 0 Å². The standard InChI is InChI=1S/C19H26N6O9/c20-10(5-14(26)27)18(32)25-3-1-2-13(25)17(31)23-11(4-9-7-21-8-22-9)16(30)24-12(19(33)34)6-15(28)29/h7-8,10-13H,1-6,20H2,(H,21,22)(H,23,31)(H,24,30)(H,26,27)(H,28,29)(H,33,34). The van der Waals surface area contributed by atoms with Gasteiger partial charge in [-0.2, -0.15) is 0 Å². The molecule has 0 aromatic carbocycles. The molecule has 1 saturated heterocycles. The van der Waals surface area contributed by atoms with E-state index in [1.807, 2.05) is 0 Å². The van der Waals surface area contributed by atoms with Crippen LogP contribution in [0, 0.1) is 0 Å². The molecule has 8 N–H and O–H groups in total. The smallest absolute Gasteiger partial charge is 0.326 e. The van der Waals surface area contributed by atoms with Crippen LogP contribution in [0.5, 0.6) is 0 Å². The fraction of sp³-hybridized carbons (Fsp3) is 0.526. The minimum atomic E-state index is -1.73. The summed E-state index contributed by atoms with van der Waals surface area (Å²) in [4.78, 5) is 79.1. The Bertz CT molecular complexity index is 935. The van der Waals surface area contributed by atoms with Crippen LogP contribution in [0.25, 0.3) is 0 Å². The van der Waals surface area contributed by atoms with E-state index in [0.29, 0.717) is 12.1 Å². The molecule has 1 aromatic heterocycles. The van der Waals surface area contributed by atoms with E-state index in [-0.39, 0.29) is 19.4 Å². The Morgan fingerprint density at radius 2 is 1.76 bits per heavy atom. The van der Waals surface area contributed by atoms with Crippen molar-refractivity contribution in [1.29, 1.82) is 0 Å². The van der Waals surface area contributed by atoms with Crippen LogP contribution in [0.15, 0.2) is 12.5 Å². The Hall–Kier alpha value is -4.01. The number of carbonyl (C=O) groups is 6. The molecule has 0 aliphatic carbocycles. The highest BCUT2D eigenvalue weighted by Crippen LogP contribution is 2.19. The number of likely N-dealkylation sites (tertiary alicyclic amines) is 1. The lowest BCUT2D eigenvalue weighted by Crippen LogP contribution is -2.57. The largest absolute Gasteiger partial charge is 0.481 e. The molecule has 15 heteroatoms. The summed E-state index contributed by atoms with van der Waals surface area (Å²) >= 11 is 0. The second-order valence-electron chi connectivity index (χ2n) is 7.73. The number of aliphatic carboxylic acids is 3. The highest BCUT2D eigenvalue weighted by molar-refractivity contribution is 5.95. The molecule has 1 aliphatic heterocycles. The Balaban J connectivity index is 2.16. The third-order valence-corrected chi connectivity index (χ3v) is 5.16. The van der Waals surface area contributed by atoms with Crippen LogP contribution in [-0.4, -0.2) is 96.5 Å². The van der Waals surface area contributed by atoms with Gasteiger partial charge in [0.1, 0.15) is 18.1 Å². The van der Waals surface area contributed by atoms with Crippen LogP contribution in [0.1, 0.15) is 31.4 Å². The molecule has 34 heavy (non-hydrogen) atoms. The van der Waals surface area contributed by atoms with Gasteiger partial charge in [-0.25, -0.2) is 9.78 Å². The van der Waals surface area contributed by atoms with Crippen molar-refractivity contribution < 1.29 is 44.1 Å². The molecule has 4 atom stereocenters. The molecule has 0 bridgehead atoms. The minimum Gasteiger partial charge on any atom is -0.481 e. The number of amides is 3. The number of carbonyl (C=O) groups excluding carboxylic acids is 3. The van der Waals surface area contributed by atoms with E-state index in [1.54, 1.807) is 0 Å². The molecule has 1 aliphatic rings. The number of nitrogens with two attached hydrogens (primary N) is 1. The van der Waals surface area contributed by atoms with Gasteiger partial charge in [-0.15, -0.1) is 0 Å². The zero-order chi connectivity index (χ0) is 25.4. The van der Waals surface area contributed by atoms with Crippen molar-refractivity contribution in [3.63, 3.8) is 0 Å². The first-order chi connectivity index (χ1) is 16.0. The number of carboxylic acid groups (broad SMARTS) is 3. The lowest BCUT2D eigenvalue weighted by Gasteiger charge is -2.28. The normalized spacial score (nSPS) is 17.9. The maximum atomic E-state index is 13.0. The second kappa shape index (κ2) is 11.7. The molecule has 0 saturated carbocycles. The summed E-state index contributed by atoms with van der Waals surface area (Å²) in [6.45, 7) is 0.168. The molecule has 15 nitrogen and oxygen atoms in total. The second-order valence-corrected chi connectivity index (χ2v) is 7.73. The zero-order valence-corrected chi connectivity index (χ0v) is 18.0. The molecule has 0 spiro atoms. The van der Waals surface area contributed by atoms with Crippen molar-refractivity contribution in [3.8, 4) is 0 Å². The van der Waals surface area contributed by atoms with Crippen LogP contribution in [-0.2, 0) is 35.2 Å². The Labute approximate surface area is 192 Å². The lowest BCUT2D eigenvalue weighted by atomic mass is 10.1. The molecule has 186 valence electrons. The van der Waals surface area contributed by atoms with Gasteiger partial charge in [-0.05, 0) is 12.8 Å². The van der Waals surface area contributed by atoms with Crippen molar-refractivity contribution in [3.05, 3.63) is 18.2 Å². The summed E-state index contributed by atoms with van der Waals surface area (Å²) in [5, 5.41) is 31.5. The summed E-state index contributed by atoms with van der Waals surface area (Å²) in [6.07, 6.45) is 1.78. The number of nitrogens with one attached hydrogen (secondary N) is 3. The van der Waals surface area contributed by atoms with E-state index in [0.717, 1.165) is 4.90 Å². The molecule has 4 unspecified atom stereocenters. The van der Waals surface area contributed by atoms with E-state index >= 15 is 0 Å². The van der Waals surface area contributed by atoms with Gasteiger partial charge in [0.15, 0.2) is 0 Å². The van der Waals surface area contributed by atoms with Crippen LogP contribution >= 0.6 is 0 Å². The third kappa shape index (κ3) is 7.26. The summed E-state index contributed by atoms with van der Waals surface area (Å²) in [7, 11) is 0. The third-order valence-electron chi connectivity index (χ3n) is 5.16. The maximum Gasteiger partial charge on any atom is 0.326 e.